The molecule has 0 saturated carbocycles. The minimum absolute atomic E-state index is 0.0645. The van der Waals surface area contributed by atoms with E-state index in [1.165, 1.54) is 4.90 Å². The van der Waals surface area contributed by atoms with Crippen molar-refractivity contribution in [3.05, 3.63) is 59.7 Å². The molecule has 0 spiro atoms. The van der Waals surface area contributed by atoms with Crippen molar-refractivity contribution in [1.82, 2.24) is 10.2 Å². The van der Waals surface area contributed by atoms with Gasteiger partial charge in [-0.2, -0.15) is 0 Å². The molecule has 4 rings (SSSR count). The number of nitrogens with one attached hydrogen (secondary N) is 1. The van der Waals surface area contributed by atoms with Crippen LogP contribution in [0.4, 0.5) is 4.79 Å². The second-order valence-corrected chi connectivity index (χ2v) is 9.46. The van der Waals surface area contributed by atoms with E-state index in [4.69, 9.17) is 4.74 Å². The Morgan fingerprint density at radius 1 is 1.12 bits per heavy atom. The zero-order valence-corrected chi connectivity index (χ0v) is 19.4. The maximum atomic E-state index is 12.5. The monoisotopic (exact) mass is 466 g/mol. The van der Waals surface area contributed by atoms with E-state index in [1.54, 1.807) is 13.8 Å². The van der Waals surface area contributed by atoms with E-state index < -0.39 is 23.6 Å². The average Bonchev–Trinajstić information content (AvgIpc) is 3.31. The Balaban J connectivity index is 1.26. The number of alkyl carbamates (subject to hydrolysis) is 1. The molecule has 1 aliphatic heterocycles. The molecule has 1 unspecified atom stereocenters. The minimum atomic E-state index is -1.10. The van der Waals surface area contributed by atoms with Gasteiger partial charge in [-0.05, 0) is 35.1 Å². The van der Waals surface area contributed by atoms with Gasteiger partial charge in [-0.3, -0.25) is 9.59 Å². The van der Waals surface area contributed by atoms with Crippen molar-refractivity contribution in [2.45, 2.75) is 32.3 Å². The topological polar surface area (TPSA) is 116 Å². The molecule has 8 heteroatoms. The van der Waals surface area contributed by atoms with Crippen molar-refractivity contribution in [3.8, 4) is 11.1 Å². The van der Waals surface area contributed by atoms with E-state index in [0.29, 0.717) is 6.54 Å². The third kappa shape index (κ3) is 4.50. The summed E-state index contributed by atoms with van der Waals surface area (Å²) in [5, 5.41) is 22.2. The lowest BCUT2D eigenvalue weighted by atomic mass is 9.81. The van der Waals surface area contributed by atoms with Gasteiger partial charge in [0.25, 0.3) is 0 Å². The molecule has 2 aromatic carbocycles. The summed E-state index contributed by atoms with van der Waals surface area (Å²) in [6, 6.07) is 16.1. The van der Waals surface area contributed by atoms with Crippen LogP contribution >= 0.6 is 0 Å². The van der Waals surface area contributed by atoms with Crippen molar-refractivity contribution in [1.29, 1.82) is 0 Å². The number of hydrogen-bond acceptors (Lipinski definition) is 5. The Bertz CT molecular complexity index is 1060. The summed E-state index contributed by atoms with van der Waals surface area (Å²) in [6.45, 7) is 3.89. The fourth-order valence-electron chi connectivity index (χ4n) is 4.87. The number of carboxylic acid groups (broad SMARTS) is 1. The number of carbonyl (C=O) groups is 3. The SMILES string of the molecule is C[C@@H]1CN(C(=O)CC(O)CNC(=O)OCC2c3ccccc3-c3ccccc32)C[C@@]1(C)C(=O)O. The standard InChI is InChI=1S/C26H30N2O6/c1-16-13-28(15-26(16,2)24(31)32)23(30)11-17(29)12-27-25(33)34-14-22-20-9-5-3-7-18(20)19-8-4-6-10-21(19)22/h3-10,16-17,22,29H,11-15H2,1-2H3,(H,27,33)(H,31,32)/t16-,17?,26-/m1/s1. The average molecular weight is 467 g/mol. The Morgan fingerprint density at radius 2 is 1.71 bits per heavy atom. The van der Waals surface area contributed by atoms with E-state index in [-0.39, 0.29) is 43.9 Å². The van der Waals surface area contributed by atoms with Crippen LogP contribution in [0.2, 0.25) is 0 Å². The molecule has 180 valence electrons. The Kier molecular flexibility index (Phi) is 6.61. The zero-order chi connectivity index (χ0) is 24.5. The number of carboxylic acids is 1. The number of amides is 2. The number of benzene rings is 2. The molecule has 0 aromatic heterocycles. The van der Waals surface area contributed by atoms with Gasteiger partial charge in [0.05, 0.1) is 17.9 Å². The normalized spacial score (nSPS) is 22.1. The Hall–Kier alpha value is -3.39. The Labute approximate surface area is 198 Å². The molecule has 1 aliphatic carbocycles. The van der Waals surface area contributed by atoms with Crippen LogP contribution < -0.4 is 5.32 Å². The van der Waals surface area contributed by atoms with E-state index in [2.05, 4.69) is 17.4 Å². The summed E-state index contributed by atoms with van der Waals surface area (Å²) in [4.78, 5) is 37.8. The fourth-order valence-corrected chi connectivity index (χ4v) is 4.87. The second kappa shape index (κ2) is 9.46. The summed E-state index contributed by atoms with van der Waals surface area (Å²) in [6.07, 6.45) is -1.96. The highest BCUT2D eigenvalue weighted by molar-refractivity contribution is 5.81. The number of nitrogens with zero attached hydrogens (tertiary/aromatic N) is 1. The first-order valence-corrected chi connectivity index (χ1v) is 11.5. The molecule has 0 bridgehead atoms. The summed E-state index contributed by atoms with van der Waals surface area (Å²) < 4.78 is 5.44. The van der Waals surface area contributed by atoms with Crippen LogP contribution in [-0.2, 0) is 14.3 Å². The molecule has 8 nitrogen and oxygen atoms in total. The van der Waals surface area contributed by atoms with Gasteiger partial charge in [0.15, 0.2) is 0 Å². The highest BCUT2D eigenvalue weighted by atomic mass is 16.5. The van der Waals surface area contributed by atoms with Crippen LogP contribution in [0, 0.1) is 11.3 Å². The molecule has 34 heavy (non-hydrogen) atoms. The molecule has 2 aliphatic rings. The number of fused-ring (bicyclic) bond motifs is 3. The molecular weight excluding hydrogens is 436 g/mol. The number of ether oxygens (including phenoxy) is 1. The van der Waals surface area contributed by atoms with E-state index in [1.807, 2.05) is 36.4 Å². The minimum Gasteiger partial charge on any atom is -0.481 e. The summed E-state index contributed by atoms with van der Waals surface area (Å²) in [7, 11) is 0. The molecule has 1 fully saturated rings. The molecule has 1 saturated heterocycles. The van der Waals surface area contributed by atoms with Crippen LogP contribution in [0.1, 0.15) is 37.3 Å². The van der Waals surface area contributed by atoms with Gasteiger partial charge in [0, 0.05) is 25.6 Å². The second-order valence-electron chi connectivity index (χ2n) is 9.46. The molecule has 2 aromatic rings. The summed E-state index contributed by atoms with van der Waals surface area (Å²) in [5.74, 6) is -1.53. The molecular formula is C26H30N2O6. The lowest BCUT2D eigenvalue weighted by molar-refractivity contribution is -0.149. The van der Waals surface area contributed by atoms with Crippen molar-refractivity contribution in [2.24, 2.45) is 11.3 Å². The number of hydrogen-bond donors (Lipinski definition) is 3. The first kappa shape index (κ1) is 23.8. The maximum Gasteiger partial charge on any atom is 0.407 e. The number of likely N-dealkylation sites (tertiary alicyclic amines) is 1. The number of carbonyl (C=O) groups excluding carboxylic acids is 2. The lowest BCUT2D eigenvalue weighted by Crippen LogP contribution is -2.39. The molecule has 0 radical (unpaired) electrons. The first-order chi connectivity index (χ1) is 16.2. The smallest absolute Gasteiger partial charge is 0.407 e. The van der Waals surface area contributed by atoms with Gasteiger partial charge in [-0.15, -0.1) is 0 Å². The van der Waals surface area contributed by atoms with Crippen LogP contribution in [0.25, 0.3) is 11.1 Å². The third-order valence-electron chi connectivity index (χ3n) is 7.18. The number of aliphatic hydroxyl groups is 1. The predicted molar refractivity (Wildman–Crippen MR) is 125 cm³/mol. The van der Waals surface area contributed by atoms with Crippen LogP contribution in [0.15, 0.2) is 48.5 Å². The van der Waals surface area contributed by atoms with Gasteiger partial charge in [-0.25, -0.2) is 4.79 Å². The number of aliphatic hydroxyl groups excluding tert-OH is 1. The van der Waals surface area contributed by atoms with E-state index in [0.717, 1.165) is 22.3 Å². The summed E-state index contributed by atoms with van der Waals surface area (Å²) >= 11 is 0. The predicted octanol–water partition coefficient (Wildman–Crippen LogP) is 2.85. The van der Waals surface area contributed by atoms with Crippen molar-refractivity contribution < 1.29 is 29.3 Å². The third-order valence-corrected chi connectivity index (χ3v) is 7.18. The number of aliphatic carboxylic acids is 1. The quantitative estimate of drug-likeness (QED) is 0.578. The lowest BCUT2D eigenvalue weighted by Gasteiger charge is -2.23. The highest BCUT2D eigenvalue weighted by Crippen LogP contribution is 2.44. The Morgan fingerprint density at radius 3 is 2.26 bits per heavy atom. The van der Waals surface area contributed by atoms with Gasteiger partial charge < -0.3 is 25.2 Å². The highest BCUT2D eigenvalue weighted by Gasteiger charge is 2.47. The van der Waals surface area contributed by atoms with E-state index >= 15 is 0 Å². The van der Waals surface area contributed by atoms with Gasteiger partial charge in [0.1, 0.15) is 6.61 Å². The van der Waals surface area contributed by atoms with Crippen molar-refractivity contribution >= 4 is 18.0 Å². The molecule has 1 heterocycles. The van der Waals surface area contributed by atoms with Gasteiger partial charge in [0.2, 0.25) is 5.91 Å². The number of rotatable bonds is 7. The van der Waals surface area contributed by atoms with Crippen LogP contribution in [0.3, 0.4) is 0 Å². The van der Waals surface area contributed by atoms with Gasteiger partial charge in [-0.1, -0.05) is 55.5 Å². The van der Waals surface area contributed by atoms with Crippen LogP contribution in [-0.4, -0.2) is 65.4 Å². The molecule has 3 atom stereocenters. The fraction of sp³-hybridized carbons (Fsp3) is 0.423. The van der Waals surface area contributed by atoms with Crippen LogP contribution in [0.5, 0.6) is 0 Å². The maximum absolute atomic E-state index is 12.5. The first-order valence-electron chi connectivity index (χ1n) is 11.5. The van der Waals surface area contributed by atoms with E-state index in [9.17, 15) is 24.6 Å². The largest absolute Gasteiger partial charge is 0.481 e. The van der Waals surface area contributed by atoms with Crippen molar-refractivity contribution in [2.75, 3.05) is 26.2 Å². The van der Waals surface area contributed by atoms with Crippen molar-refractivity contribution in [3.63, 3.8) is 0 Å². The molecule has 2 amide bonds. The zero-order valence-electron chi connectivity index (χ0n) is 19.4. The van der Waals surface area contributed by atoms with Gasteiger partial charge >= 0.3 is 12.1 Å². The molecule has 3 N–H and O–H groups in total. The summed E-state index contributed by atoms with van der Waals surface area (Å²) in [5.41, 5.74) is 3.48.